The number of phenolic OH excluding ortho intramolecular Hbond substituents is 2. The molecule has 0 radical (unpaired) electrons. The molecule has 1 heterocycles. The van der Waals surface area contributed by atoms with Crippen LogP contribution in [0, 0.1) is 0 Å². The molecule has 4 rings (SSSR count). The van der Waals surface area contributed by atoms with Gasteiger partial charge in [-0.25, -0.2) is 0 Å². The molecule has 0 aliphatic heterocycles. The van der Waals surface area contributed by atoms with Crippen LogP contribution in [-0.2, 0) is 0 Å². The number of methoxy groups -OCH3 is 1. The van der Waals surface area contributed by atoms with E-state index in [2.05, 4.69) is 10.2 Å². The van der Waals surface area contributed by atoms with Crippen LogP contribution in [0.1, 0.15) is 10.4 Å². The largest absolute Gasteiger partial charge is 0.504 e. The molecule has 4 aromatic rings. The highest BCUT2D eigenvalue weighted by molar-refractivity contribution is 7.99. The van der Waals surface area contributed by atoms with E-state index in [9.17, 15) is 15.0 Å². The maximum atomic E-state index is 12.6. The second-order valence-corrected chi connectivity index (χ2v) is 8.14. The summed E-state index contributed by atoms with van der Waals surface area (Å²) in [7, 11) is 1.60. The van der Waals surface area contributed by atoms with E-state index in [4.69, 9.17) is 16.3 Å². The minimum atomic E-state index is -0.340. The number of hydrogen-bond donors (Lipinski definition) is 2. The number of ketones is 1. The minimum Gasteiger partial charge on any atom is -0.504 e. The van der Waals surface area contributed by atoms with E-state index in [1.54, 1.807) is 19.2 Å². The summed E-state index contributed by atoms with van der Waals surface area (Å²) in [6.07, 6.45) is 0. The lowest BCUT2D eigenvalue weighted by molar-refractivity contribution is 0.102. The average molecular weight is 468 g/mol. The van der Waals surface area contributed by atoms with Crippen LogP contribution in [0.4, 0.5) is 0 Å². The van der Waals surface area contributed by atoms with Gasteiger partial charge in [-0.1, -0.05) is 23.4 Å². The number of hydrogen-bond acceptors (Lipinski definition) is 7. The predicted octanol–water partition coefficient (Wildman–Crippen LogP) is 4.98. The predicted molar refractivity (Wildman–Crippen MR) is 123 cm³/mol. The molecule has 1 aromatic heterocycles. The molecular formula is C23H18ClN3O4S. The SMILES string of the molecule is COc1ccc(-n2c(SCC(=O)c3ccc(O)c(O)c3)nnc2-c2ccc(Cl)cc2)cc1. The van der Waals surface area contributed by atoms with E-state index in [1.807, 2.05) is 41.0 Å². The number of ether oxygens (including phenoxy) is 1. The van der Waals surface area contributed by atoms with Crippen LogP contribution < -0.4 is 4.74 Å². The number of aromatic hydroxyl groups is 2. The molecule has 0 unspecified atom stereocenters. The first-order valence-electron chi connectivity index (χ1n) is 9.50. The number of phenols is 2. The second-order valence-electron chi connectivity index (χ2n) is 6.76. The van der Waals surface area contributed by atoms with Crippen molar-refractivity contribution in [2.24, 2.45) is 0 Å². The first-order valence-corrected chi connectivity index (χ1v) is 10.9. The number of thioether (sulfide) groups is 1. The highest BCUT2D eigenvalue weighted by Gasteiger charge is 2.18. The van der Waals surface area contributed by atoms with Crippen molar-refractivity contribution in [1.29, 1.82) is 0 Å². The normalized spacial score (nSPS) is 10.8. The van der Waals surface area contributed by atoms with E-state index < -0.39 is 0 Å². The third kappa shape index (κ3) is 4.56. The van der Waals surface area contributed by atoms with Gasteiger partial charge < -0.3 is 14.9 Å². The molecule has 0 atom stereocenters. The van der Waals surface area contributed by atoms with Crippen molar-refractivity contribution in [3.8, 4) is 34.3 Å². The maximum absolute atomic E-state index is 12.6. The number of Topliss-reactive ketones (excluding diaryl/α,β-unsaturated/α-hetero) is 1. The number of carbonyl (C=O) groups excluding carboxylic acids is 1. The number of halogens is 1. The maximum Gasteiger partial charge on any atom is 0.196 e. The first-order chi connectivity index (χ1) is 15.5. The quantitative estimate of drug-likeness (QED) is 0.224. The van der Waals surface area contributed by atoms with Gasteiger partial charge in [-0.05, 0) is 66.7 Å². The van der Waals surface area contributed by atoms with E-state index in [1.165, 1.54) is 30.0 Å². The summed E-state index contributed by atoms with van der Waals surface area (Å²) in [6, 6.07) is 18.7. The second kappa shape index (κ2) is 9.33. The zero-order chi connectivity index (χ0) is 22.7. The smallest absolute Gasteiger partial charge is 0.196 e. The fraction of sp³-hybridized carbons (Fsp3) is 0.0870. The van der Waals surface area contributed by atoms with Crippen molar-refractivity contribution >= 4 is 29.1 Å². The summed E-state index contributed by atoms with van der Waals surface area (Å²) in [4.78, 5) is 12.6. The van der Waals surface area contributed by atoms with E-state index >= 15 is 0 Å². The zero-order valence-corrected chi connectivity index (χ0v) is 18.5. The lowest BCUT2D eigenvalue weighted by Gasteiger charge is -2.11. The Morgan fingerprint density at radius 1 is 1.00 bits per heavy atom. The molecular weight excluding hydrogens is 450 g/mol. The summed E-state index contributed by atoms with van der Waals surface area (Å²) in [5.74, 6) is 0.547. The van der Waals surface area contributed by atoms with Gasteiger partial charge in [-0.15, -0.1) is 10.2 Å². The molecule has 0 fully saturated rings. The van der Waals surface area contributed by atoms with Crippen molar-refractivity contribution in [2.45, 2.75) is 5.16 Å². The number of nitrogens with zero attached hydrogens (tertiary/aromatic N) is 3. The standard InChI is InChI=1S/C23H18ClN3O4S/c1-31-18-9-7-17(8-10-18)27-22(14-2-5-16(24)6-3-14)25-26-23(27)32-13-21(30)15-4-11-19(28)20(29)12-15/h2-12,28-29H,13H2,1H3. The molecule has 0 aliphatic carbocycles. The van der Waals surface area contributed by atoms with Gasteiger partial charge in [0.2, 0.25) is 0 Å². The number of rotatable bonds is 7. The molecule has 9 heteroatoms. The number of aromatic nitrogens is 3. The Balaban J connectivity index is 1.67. The molecule has 7 nitrogen and oxygen atoms in total. The Kier molecular flexibility index (Phi) is 6.34. The Labute approximate surface area is 193 Å². The third-order valence-electron chi connectivity index (χ3n) is 4.70. The highest BCUT2D eigenvalue weighted by Crippen LogP contribution is 2.31. The summed E-state index contributed by atoms with van der Waals surface area (Å²) in [5, 5.41) is 28.9. The molecule has 0 amide bonds. The lowest BCUT2D eigenvalue weighted by Crippen LogP contribution is -2.05. The van der Waals surface area contributed by atoms with Gasteiger partial charge >= 0.3 is 0 Å². The van der Waals surface area contributed by atoms with Crippen LogP contribution in [0.15, 0.2) is 71.9 Å². The van der Waals surface area contributed by atoms with Crippen LogP contribution in [0.3, 0.4) is 0 Å². The molecule has 0 bridgehead atoms. The minimum absolute atomic E-state index is 0.0686. The fourth-order valence-electron chi connectivity index (χ4n) is 3.02. The van der Waals surface area contributed by atoms with Crippen molar-refractivity contribution in [1.82, 2.24) is 14.8 Å². The number of benzene rings is 3. The van der Waals surface area contributed by atoms with E-state index in [0.29, 0.717) is 27.3 Å². The molecule has 32 heavy (non-hydrogen) atoms. The molecule has 0 saturated carbocycles. The van der Waals surface area contributed by atoms with Crippen molar-refractivity contribution in [3.05, 3.63) is 77.3 Å². The summed E-state index contributed by atoms with van der Waals surface area (Å²) >= 11 is 7.25. The summed E-state index contributed by atoms with van der Waals surface area (Å²) in [6.45, 7) is 0. The average Bonchev–Trinajstić information content (AvgIpc) is 3.23. The van der Waals surface area contributed by atoms with Gasteiger partial charge in [0, 0.05) is 21.8 Å². The van der Waals surface area contributed by atoms with Crippen LogP contribution >= 0.6 is 23.4 Å². The highest BCUT2D eigenvalue weighted by atomic mass is 35.5. The zero-order valence-electron chi connectivity index (χ0n) is 16.9. The molecule has 0 spiro atoms. The Bertz CT molecular complexity index is 1260. The Morgan fingerprint density at radius 2 is 1.72 bits per heavy atom. The summed E-state index contributed by atoms with van der Waals surface area (Å²) < 4.78 is 7.10. The van der Waals surface area contributed by atoms with Crippen molar-refractivity contribution in [2.75, 3.05) is 12.9 Å². The fourth-order valence-corrected chi connectivity index (χ4v) is 4.00. The number of carbonyl (C=O) groups is 1. The molecule has 3 aromatic carbocycles. The third-order valence-corrected chi connectivity index (χ3v) is 5.88. The van der Waals surface area contributed by atoms with Crippen LogP contribution in [0.5, 0.6) is 17.2 Å². The Hall–Kier alpha value is -3.49. The van der Waals surface area contributed by atoms with Gasteiger partial charge in [0.25, 0.3) is 0 Å². The molecule has 0 saturated heterocycles. The van der Waals surface area contributed by atoms with Gasteiger partial charge in [0.1, 0.15) is 5.75 Å². The van der Waals surface area contributed by atoms with Gasteiger partial charge in [0.15, 0.2) is 28.3 Å². The van der Waals surface area contributed by atoms with Gasteiger partial charge in [-0.2, -0.15) is 0 Å². The van der Waals surface area contributed by atoms with Crippen LogP contribution in [0.25, 0.3) is 17.1 Å². The molecule has 2 N–H and O–H groups in total. The van der Waals surface area contributed by atoms with E-state index in [0.717, 1.165) is 11.3 Å². The van der Waals surface area contributed by atoms with Crippen LogP contribution in [-0.4, -0.2) is 43.6 Å². The van der Waals surface area contributed by atoms with Gasteiger partial charge in [0.05, 0.1) is 12.9 Å². The van der Waals surface area contributed by atoms with E-state index in [-0.39, 0.29) is 23.0 Å². The molecule has 162 valence electrons. The van der Waals surface area contributed by atoms with Crippen molar-refractivity contribution < 1.29 is 19.7 Å². The lowest BCUT2D eigenvalue weighted by atomic mass is 10.1. The van der Waals surface area contributed by atoms with Gasteiger partial charge in [-0.3, -0.25) is 9.36 Å². The Morgan fingerprint density at radius 3 is 2.38 bits per heavy atom. The molecule has 0 aliphatic rings. The van der Waals surface area contributed by atoms with Crippen molar-refractivity contribution in [3.63, 3.8) is 0 Å². The van der Waals surface area contributed by atoms with Crippen LogP contribution in [0.2, 0.25) is 5.02 Å². The monoisotopic (exact) mass is 467 g/mol. The topological polar surface area (TPSA) is 97.5 Å². The first kappa shape index (κ1) is 21.7. The summed E-state index contributed by atoms with van der Waals surface area (Å²) in [5.41, 5.74) is 1.92.